The Hall–Kier alpha value is -8.04. The van der Waals surface area contributed by atoms with Crippen LogP contribution in [-0.4, -0.2) is 119 Å². The van der Waals surface area contributed by atoms with Crippen LogP contribution in [0.5, 0.6) is 0 Å². The minimum Gasteiger partial charge on any atom is -0.370 e. The van der Waals surface area contributed by atoms with Gasteiger partial charge in [0.25, 0.3) is 0 Å². The highest BCUT2D eigenvalue weighted by molar-refractivity contribution is 6.00. The second-order valence-corrected chi connectivity index (χ2v) is 20.1. The molecular formula is C55H75N13O9. The molecule has 0 bridgehead atoms. The van der Waals surface area contributed by atoms with Gasteiger partial charge >= 0.3 is 0 Å². The van der Waals surface area contributed by atoms with Crippen LogP contribution in [0.4, 0.5) is 0 Å². The first-order chi connectivity index (χ1) is 36.9. The van der Waals surface area contributed by atoms with Gasteiger partial charge in [0.1, 0.15) is 41.8 Å². The largest absolute Gasteiger partial charge is 0.370 e. The molecular weight excluding hydrogens is 987 g/mol. The van der Waals surface area contributed by atoms with Gasteiger partial charge in [-0.2, -0.15) is 0 Å². The van der Waals surface area contributed by atoms with Crippen LogP contribution in [0.3, 0.4) is 0 Å². The molecule has 3 aromatic carbocycles. The minimum absolute atomic E-state index is 0.0303. The van der Waals surface area contributed by atoms with Crippen molar-refractivity contribution in [3.05, 3.63) is 84.1 Å². The van der Waals surface area contributed by atoms with Crippen molar-refractivity contribution >= 4 is 80.8 Å². The zero-order valence-corrected chi connectivity index (χ0v) is 44.0. The van der Waals surface area contributed by atoms with E-state index in [1.165, 1.54) is 6.92 Å². The number of nitrogens with one attached hydrogen (secondary N) is 9. The molecule has 414 valence electrons. The predicted molar refractivity (Wildman–Crippen MR) is 291 cm³/mol. The monoisotopic (exact) mass is 1060 g/mol. The Morgan fingerprint density at radius 2 is 1.44 bits per heavy atom. The number of hydrogen-bond donors (Lipinski definition) is 12. The maximum absolute atomic E-state index is 15.1. The average Bonchev–Trinajstić information content (AvgIpc) is 3.81. The summed E-state index contributed by atoms with van der Waals surface area (Å²) in [5.41, 5.74) is 17.6. The Morgan fingerprint density at radius 1 is 0.753 bits per heavy atom. The van der Waals surface area contributed by atoms with Crippen molar-refractivity contribution in [1.82, 2.24) is 47.5 Å². The van der Waals surface area contributed by atoms with Crippen molar-refractivity contribution in [2.24, 2.45) is 22.2 Å². The van der Waals surface area contributed by atoms with Crippen molar-refractivity contribution in [3.8, 4) is 0 Å². The van der Waals surface area contributed by atoms with Crippen molar-refractivity contribution in [3.63, 3.8) is 0 Å². The summed E-state index contributed by atoms with van der Waals surface area (Å²) in [4.78, 5) is 134. The lowest BCUT2D eigenvalue weighted by Crippen LogP contribution is -2.66. The lowest BCUT2D eigenvalue weighted by atomic mass is 9.80. The van der Waals surface area contributed by atoms with Gasteiger partial charge in [-0.15, -0.1) is 0 Å². The van der Waals surface area contributed by atoms with Gasteiger partial charge in [0.15, 0.2) is 5.96 Å². The van der Waals surface area contributed by atoms with E-state index >= 15 is 9.59 Å². The fourth-order valence-corrected chi connectivity index (χ4v) is 9.96. The van der Waals surface area contributed by atoms with Gasteiger partial charge in [-0.3, -0.25) is 48.1 Å². The number of carbonyl (C=O) groups is 9. The standard InChI is InChI=1S/C55H75N13O9/c1-3-4-18-41(62-33(2)69)48(72)66-45-31-46(70)59-26-13-10-20-40(47(56)71)63-51(75)44(30-37-32-61-39-19-9-8-17-38(37)39)65-49(73)42(21-14-27-60-54(57)58)64-50(74)43(29-34-22-23-35-15-6-7-16-36(35)28-34)67-53(77)55(68-52(45)76)24-11-5-12-25-55/h6-9,15-17,19,22-23,28,32,40-45,61H,3-5,10-14,18,20-21,24-27,29-31H2,1-2H3,(H2,56,71)(H,59,70)(H,62,69)(H,63,75)(H,64,74)(H,65,73)(H,66,72)(H,67,77)(H,68,76)(H4,57,58,60)/t40-,41+,42+,43-,44-,45+/m0/s1. The fourth-order valence-electron chi connectivity index (χ4n) is 9.96. The third-order valence-corrected chi connectivity index (χ3v) is 14.2. The normalized spacial score (nSPS) is 21.8. The third kappa shape index (κ3) is 17.0. The lowest BCUT2D eigenvalue weighted by molar-refractivity contribution is -0.140. The van der Waals surface area contributed by atoms with E-state index in [9.17, 15) is 33.6 Å². The van der Waals surface area contributed by atoms with E-state index in [1.54, 1.807) is 6.20 Å². The molecule has 77 heavy (non-hydrogen) atoms. The number of nitrogens with zero attached hydrogens (tertiary/aromatic N) is 1. The van der Waals surface area contributed by atoms with Crippen molar-refractivity contribution in [2.45, 2.75) is 158 Å². The molecule has 9 amide bonds. The van der Waals surface area contributed by atoms with Gasteiger partial charge in [-0.25, -0.2) is 0 Å². The van der Waals surface area contributed by atoms with Crippen LogP contribution in [0, 0.1) is 0 Å². The summed E-state index contributed by atoms with van der Waals surface area (Å²) in [5, 5.41) is 24.9. The topological polar surface area (TPSA) is 356 Å². The zero-order chi connectivity index (χ0) is 55.5. The molecule has 1 saturated carbocycles. The molecule has 1 aliphatic heterocycles. The van der Waals surface area contributed by atoms with Crippen LogP contribution >= 0.6 is 0 Å². The zero-order valence-electron chi connectivity index (χ0n) is 44.0. The highest BCUT2D eigenvalue weighted by Crippen LogP contribution is 2.30. The number of aliphatic imine (C=N–C) groups is 1. The van der Waals surface area contributed by atoms with Crippen LogP contribution in [0.1, 0.15) is 115 Å². The number of aromatic nitrogens is 1. The highest BCUT2D eigenvalue weighted by Gasteiger charge is 2.44. The summed E-state index contributed by atoms with van der Waals surface area (Å²) >= 11 is 0. The second kappa shape index (κ2) is 28.2. The SMILES string of the molecule is CCCC[C@@H](NC(C)=O)C(=O)N[C@@H]1CC(=O)NCCCC[C@@H](C(N)=O)NC(=O)[C@H](Cc2c[nH]c3ccccc23)NC(=O)[C@@H](CCCN=C(N)N)NC(=O)[C@H](Cc2ccc3ccccc3c2)NC(=O)C2(CCCCC2)NC1=O. The van der Waals surface area contributed by atoms with Gasteiger partial charge in [-0.1, -0.05) is 99.7 Å². The number of fused-ring (bicyclic) bond motifs is 2. The van der Waals surface area contributed by atoms with Gasteiger partial charge < -0.3 is 64.7 Å². The number of carbonyl (C=O) groups excluding carboxylic acids is 9. The van der Waals surface area contributed by atoms with E-state index in [-0.39, 0.29) is 76.8 Å². The summed E-state index contributed by atoms with van der Waals surface area (Å²) < 4.78 is 0. The maximum Gasteiger partial charge on any atom is 0.246 e. The predicted octanol–water partition coefficient (Wildman–Crippen LogP) is 1.27. The third-order valence-electron chi connectivity index (χ3n) is 14.2. The number of guanidine groups is 1. The van der Waals surface area contributed by atoms with Crippen molar-refractivity contribution in [2.75, 3.05) is 13.1 Å². The summed E-state index contributed by atoms with van der Waals surface area (Å²) in [5.74, 6) is -6.62. The Bertz CT molecular complexity index is 2790. The molecule has 2 aliphatic rings. The highest BCUT2D eigenvalue weighted by atomic mass is 16.2. The van der Waals surface area contributed by atoms with Gasteiger partial charge in [0, 0.05) is 50.0 Å². The van der Waals surface area contributed by atoms with E-state index in [4.69, 9.17) is 17.2 Å². The lowest BCUT2D eigenvalue weighted by Gasteiger charge is -2.38. The molecule has 1 saturated heterocycles. The molecule has 6 rings (SSSR count). The fraction of sp³-hybridized carbons (Fsp3) is 0.491. The molecule has 22 nitrogen and oxygen atoms in total. The molecule has 1 aromatic heterocycles. The molecule has 2 heterocycles. The van der Waals surface area contributed by atoms with Crippen LogP contribution < -0.4 is 59.7 Å². The minimum atomic E-state index is -1.62. The van der Waals surface area contributed by atoms with Crippen LogP contribution in [0.25, 0.3) is 21.7 Å². The Labute approximate surface area is 447 Å². The molecule has 15 N–H and O–H groups in total. The van der Waals surface area contributed by atoms with Crippen LogP contribution in [0.2, 0.25) is 0 Å². The number of primary amides is 1. The molecule has 1 aliphatic carbocycles. The molecule has 4 aromatic rings. The van der Waals surface area contributed by atoms with Gasteiger partial charge in [0.05, 0.1) is 6.42 Å². The van der Waals surface area contributed by atoms with Crippen molar-refractivity contribution in [1.29, 1.82) is 0 Å². The molecule has 1 spiro atoms. The number of unbranched alkanes of at least 4 members (excludes halogenated alkanes) is 1. The number of nitrogens with two attached hydrogens (primary N) is 3. The molecule has 6 atom stereocenters. The summed E-state index contributed by atoms with van der Waals surface area (Å²) in [7, 11) is 0. The van der Waals surface area contributed by atoms with Crippen LogP contribution in [-0.2, 0) is 56.0 Å². The number of para-hydroxylation sites is 1. The van der Waals surface area contributed by atoms with E-state index in [0.29, 0.717) is 43.2 Å². The van der Waals surface area contributed by atoms with Gasteiger partial charge in [0.2, 0.25) is 53.2 Å². The summed E-state index contributed by atoms with van der Waals surface area (Å²) in [6, 6.07) is 12.9. The second-order valence-electron chi connectivity index (χ2n) is 20.1. The summed E-state index contributed by atoms with van der Waals surface area (Å²) in [6.45, 7) is 3.34. The molecule has 2 fully saturated rings. The van der Waals surface area contributed by atoms with E-state index in [2.05, 4.69) is 52.5 Å². The molecule has 0 radical (unpaired) electrons. The number of benzene rings is 3. The number of amides is 9. The van der Waals surface area contributed by atoms with E-state index in [1.807, 2.05) is 73.7 Å². The number of aromatic amines is 1. The number of rotatable bonds is 15. The van der Waals surface area contributed by atoms with Gasteiger partial charge in [-0.05, 0) is 79.3 Å². The average molecular weight is 1060 g/mol. The Kier molecular flexibility index (Phi) is 21.3. The van der Waals surface area contributed by atoms with Crippen LogP contribution in [0.15, 0.2) is 77.9 Å². The number of hydrogen-bond acceptors (Lipinski definition) is 10. The molecule has 22 heteroatoms. The Morgan fingerprint density at radius 3 is 2.17 bits per heavy atom. The van der Waals surface area contributed by atoms with Crippen molar-refractivity contribution < 1.29 is 43.2 Å². The van der Waals surface area contributed by atoms with E-state index in [0.717, 1.165) is 28.1 Å². The first-order valence-electron chi connectivity index (χ1n) is 26.7. The molecule has 0 unspecified atom stereocenters. The van der Waals surface area contributed by atoms with E-state index < -0.39 is 101 Å². The quantitative estimate of drug-likeness (QED) is 0.0457. The first kappa shape index (κ1) is 58.2. The maximum atomic E-state index is 15.1. The summed E-state index contributed by atoms with van der Waals surface area (Å²) in [6.07, 6.45) is 5.44. The smallest absolute Gasteiger partial charge is 0.246 e. The Balaban J connectivity index is 1.40. The first-order valence-corrected chi connectivity index (χ1v) is 26.7. The number of H-pyrrole nitrogens is 1.